The summed E-state index contributed by atoms with van der Waals surface area (Å²) in [4.78, 5) is 6.73. The van der Waals surface area contributed by atoms with E-state index in [1.807, 2.05) is 49.2 Å². The van der Waals surface area contributed by atoms with Crippen LogP contribution in [0.5, 0.6) is 0 Å². The van der Waals surface area contributed by atoms with Crippen molar-refractivity contribution < 1.29 is 13.2 Å². The molecular formula is C20H21F3N6. The van der Waals surface area contributed by atoms with Crippen LogP contribution in [-0.4, -0.2) is 45.4 Å². The van der Waals surface area contributed by atoms with Gasteiger partial charge in [0.1, 0.15) is 5.82 Å². The lowest BCUT2D eigenvalue weighted by Gasteiger charge is -2.31. The third-order valence-electron chi connectivity index (χ3n) is 5.47. The first-order chi connectivity index (χ1) is 13.9. The van der Waals surface area contributed by atoms with E-state index in [0.29, 0.717) is 40.6 Å². The Balaban J connectivity index is 2.03. The van der Waals surface area contributed by atoms with E-state index < -0.39 is 12.1 Å². The molecule has 0 bridgehead atoms. The summed E-state index contributed by atoms with van der Waals surface area (Å²) in [6, 6.07) is 9.41. The molecule has 1 atom stereocenters. The molecule has 0 radical (unpaired) electrons. The van der Waals surface area contributed by atoms with E-state index in [1.165, 1.54) is 0 Å². The Kier molecular flexibility index (Phi) is 4.97. The molecule has 2 heterocycles. The topological polar surface area (TPSA) is 70.6 Å². The average molecular weight is 402 g/mol. The number of anilines is 1. The molecule has 0 amide bonds. The fraction of sp³-hybridized carbons (Fsp3) is 0.400. The fourth-order valence-corrected chi connectivity index (χ4v) is 3.85. The number of hydrogen-bond acceptors (Lipinski definition) is 5. The molecule has 152 valence electrons. The van der Waals surface area contributed by atoms with Crippen molar-refractivity contribution >= 4 is 5.82 Å². The zero-order valence-corrected chi connectivity index (χ0v) is 16.2. The van der Waals surface area contributed by atoms with Crippen LogP contribution in [0.2, 0.25) is 0 Å². The highest BCUT2D eigenvalue weighted by Gasteiger charge is 2.43. The van der Waals surface area contributed by atoms with Crippen LogP contribution in [0.15, 0.2) is 30.3 Å². The molecule has 0 saturated heterocycles. The van der Waals surface area contributed by atoms with Crippen molar-refractivity contribution in [1.29, 1.82) is 0 Å². The second-order valence-corrected chi connectivity index (χ2v) is 7.21. The lowest BCUT2D eigenvalue weighted by atomic mass is 9.80. The zero-order chi connectivity index (χ0) is 20.6. The van der Waals surface area contributed by atoms with Crippen LogP contribution in [0.4, 0.5) is 19.0 Å². The molecular weight excluding hydrogens is 381 g/mol. The van der Waals surface area contributed by atoms with Crippen molar-refractivity contribution in [3.8, 4) is 22.5 Å². The third kappa shape index (κ3) is 3.56. The highest BCUT2D eigenvalue weighted by Crippen LogP contribution is 2.45. The molecule has 1 N–H and O–H groups in total. The number of nitrogens with one attached hydrogen (secondary N) is 1. The zero-order valence-electron chi connectivity index (χ0n) is 16.2. The van der Waals surface area contributed by atoms with E-state index >= 15 is 0 Å². The Bertz CT molecular complexity index is 986. The third-order valence-corrected chi connectivity index (χ3v) is 5.47. The van der Waals surface area contributed by atoms with Gasteiger partial charge in [0.25, 0.3) is 0 Å². The molecule has 29 heavy (non-hydrogen) atoms. The van der Waals surface area contributed by atoms with Gasteiger partial charge in [0, 0.05) is 24.8 Å². The molecule has 1 aliphatic rings. The normalized spacial score (nSPS) is 16.5. The van der Waals surface area contributed by atoms with Crippen LogP contribution in [0.3, 0.4) is 0 Å². The monoisotopic (exact) mass is 402 g/mol. The number of pyridine rings is 1. The van der Waals surface area contributed by atoms with Crippen molar-refractivity contribution in [1.82, 2.24) is 25.6 Å². The van der Waals surface area contributed by atoms with Crippen molar-refractivity contribution in [2.45, 2.75) is 32.4 Å². The summed E-state index contributed by atoms with van der Waals surface area (Å²) in [6.07, 6.45) is -4.00. The summed E-state index contributed by atoms with van der Waals surface area (Å²) in [5.74, 6) is -0.410. The maximum Gasteiger partial charge on any atom is 0.392 e. The lowest BCUT2D eigenvalue weighted by molar-refractivity contribution is -0.177. The second kappa shape index (κ2) is 7.46. The molecule has 3 aromatic rings. The molecule has 0 saturated carbocycles. The molecule has 4 rings (SSSR count). The van der Waals surface area contributed by atoms with Gasteiger partial charge in [0.15, 0.2) is 0 Å². The molecule has 9 heteroatoms. The number of aromatic amines is 1. The molecule has 0 aliphatic heterocycles. The Morgan fingerprint density at radius 1 is 1.17 bits per heavy atom. The van der Waals surface area contributed by atoms with Crippen LogP contribution >= 0.6 is 0 Å². The predicted octanol–water partition coefficient (Wildman–Crippen LogP) is 4.05. The number of H-pyrrole nitrogens is 1. The molecule has 0 spiro atoms. The number of alkyl halides is 3. The van der Waals surface area contributed by atoms with Gasteiger partial charge in [-0.05, 0) is 42.5 Å². The molecule has 1 unspecified atom stereocenters. The Hall–Kier alpha value is -2.97. The lowest BCUT2D eigenvalue weighted by Crippen LogP contribution is -2.30. The first-order valence-corrected chi connectivity index (χ1v) is 9.53. The number of hydrogen-bond donors (Lipinski definition) is 1. The highest BCUT2D eigenvalue weighted by atomic mass is 19.4. The van der Waals surface area contributed by atoms with Crippen molar-refractivity contribution in [3.05, 3.63) is 41.6 Å². The van der Waals surface area contributed by atoms with Crippen LogP contribution in [0, 0.1) is 5.92 Å². The van der Waals surface area contributed by atoms with E-state index in [0.717, 1.165) is 5.56 Å². The largest absolute Gasteiger partial charge is 0.392 e. The van der Waals surface area contributed by atoms with Crippen LogP contribution < -0.4 is 4.90 Å². The summed E-state index contributed by atoms with van der Waals surface area (Å²) in [6.45, 7) is 2.67. The molecule has 6 nitrogen and oxygen atoms in total. The maximum atomic E-state index is 13.5. The van der Waals surface area contributed by atoms with E-state index in [1.54, 1.807) is 0 Å². The number of benzene rings is 1. The minimum absolute atomic E-state index is 0.0502. The standard InChI is InChI=1S/C20H21F3N6/c1-3-29(2)19-17(18-25-27-28-26-18)16(12-7-5-4-6-8-12)14-11-13(20(21,22)23)9-10-15(14)24-19/h4-8,13H,3,9-11H2,1-2H3,(H,25,26,27,28). The predicted molar refractivity (Wildman–Crippen MR) is 103 cm³/mol. The Labute approximate surface area is 166 Å². The van der Waals surface area contributed by atoms with Gasteiger partial charge >= 0.3 is 6.18 Å². The minimum atomic E-state index is -4.24. The van der Waals surface area contributed by atoms with Gasteiger partial charge in [-0.25, -0.2) is 4.98 Å². The Morgan fingerprint density at radius 3 is 2.55 bits per heavy atom. The van der Waals surface area contributed by atoms with Crippen molar-refractivity contribution in [3.63, 3.8) is 0 Å². The molecule has 1 aromatic carbocycles. The van der Waals surface area contributed by atoms with Gasteiger partial charge in [-0.1, -0.05) is 30.3 Å². The average Bonchev–Trinajstić information content (AvgIpc) is 3.25. The highest BCUT2D eigenvalue weighted by molar-refractivity contribution is 5.90. The Morgan fingerprint density at radius 2 is 1.93 bits per heavy atom. The van der Waals surface area contributed by atoms with E-state index in [9.17, 15) is 13.2 Å². The van der Waals surface area contributed by atoms with Crippen LogP contribution in [0.25, 0.3) is 22.5 Å². The van der Waals surface area contributed by atoms with Gasteiger partial charge in [0.2, 0.25) is 5.82 Å². The van der Waals surface area contributed by atoms with Gasteiger partial charge in [0.05, 0.1) is 11.5 Å². The number of tetrazole rings is 1. The summed E-state index contributed by atoms with van der Waals surface area (Å²) < 4.78 is 40.6. The van der Waals surface area contributed by atoms with E-state index in [-0.39, 0.29) is 19.3 Å². The second-order valence-electron chi connectivity index (χ2n) is 7.21. The number of aryl methyl sites for hydroxylation is 1. The summed E-state index contributed by atoms with van der Waals surface area (Å²) in [7, 11) is 1.90. The number of fused-ring (bicyclic) bond motifs is 1. The molecule has 0 fully saturated rings. The SMILES string of the molecule is CCN(C)c1nc2c(c(-c3ccccc3)c1-c1nn[nH]n1)CC(C(F)(F)F)CC2. The van der Waals surface area contributed by atoms with Crippen molar-refractivity contribution in [2.24, 2.45) is 5.92 Å². The van der Waals surface area contributed by atoms with Gasteiger partial charge in [-0.3, -0.25) is 0 Å². The molecule has 2 aromatic heterocycles. The smallest absolute Gasteiger partial charge is 0.359 e. The minimum Gasteiger partial charge on any atom is -0.359 e. The first kappa shape index (κ1) is 19.4. The summed E-state index contributed by atoms with van der Waals surface area (Å²) in [5, 5.41) is 14.4. The van der Waals surface area contributed by atoms with Crippen LogP contribution in [-0.2, 0) is 12.8 Å². The maximum absolute atomic E-state index is 13.5. The van der Waals surface area contributed by atoms with Crippen molar-refractivity contribution in [2.75, 3.05) is 18.5 Å². The van der Waals surface area contributed by atoms with Gasteiger partial charge in [-0.15, -0.1) is 10.2 Å². The number of aromatic nitrogens is 5. The van der Waals surface area contributed by atoms with Gasteiger partial charge < -0.3 is 4.90 Å². The first-order valence-electron chi connectivity index (χ1n) is 9.53. The van der Waals surface area contributed by atoms with E-state index in [4.69, 9.17) is 4.98 Å². The summed E-state index contributed by atoms with van der Waals surface area (Å²) >= 11 is 0. The number of rotatable bonds is 4. The van der Waals surface area contributed by atoms with E-state index in [2.05, 4.69) is 20.6 Å². The molecule has 1 aliphatic carbocycles. The number of halogens is 3. The van der Waals surface area contributed by atoms with Crippen LogP contribution in [0.1, 0.15) is 24.6 Å². The number of nitrogens with zero attached hydrogens (tertiary/aromatic N) is 5. The quantitative estimate of drug-likeness (QED) is 0.713. The fourth-order valence-electron chi connectivity index (χ4n) is 3.85. The summed E-state index contributed by atoms with van der Waals surface area (Å²) in [5.41, 5.74) is 3.47. The van der Waals surface area contributed by atoms with Gasteiger partial charge in [-0.2, -0.15) is 18.4 Å².